The van der Waals surface area contributed by atoms with E-state index >= 15 is 0 Å². The summed E-state index contributed by atoms with van der Waals surface area (Å²) >= 11 is 12.0. The van der Waals surface area contributed by atoms with Crippen molar-refractivity contribution in [2.75, 3.05) is 10.5 Å². The van der Waals surface area contributed by atoms with E-state index in [1.54, 1.807) is 18.3 Å². The van der Waals surface area contributed by atoms with Crippen LogP contribution in [0.2, 0.25) is 10.0 Å². The molecule has 0 amide bonds. The summed E-state index contributed by atoms with van der Waals surface area (Å²) in [6.07, 6.45) is 3.03. The van der Waals surface area contributed by atoms with Crippen molar-refractivity contribution in [1.29, 1.82) is 0 Å². The second kappa shape index (κ2) is 8.66. The number of sulfonamides is 1. The van der Waals surface area contributed by atoms with E-state index in [-0.39, 0.29) is 43.8 Å². The lowest BCUT2D eigenvalue weighted by Crippen LogP contribution is -2.14. The number of ketones is 1. The highest BCUT2D eigenvalue weighted by atomic mass is 35.5. The monoisotopic (exact) mass is 503 g/mol. The van der Waals surface area contributed by atoms with Gasteiger partial charge in [0.1, 0.15) is 22.7 Å². The van der Waals surface area contributed by atoms with Crippen molar-refractivity contribution in [2.45, 2.75) is 24.8 Å². The van der Waals surface area contributed by atoms with Crippen LogP contribution in [0.5, 0.6) is 0 Å². The van der Waals surface area contributed by atoms with E-state index in [0.717, 1.165) is 0 Å². The van der Waals surface area contributed by atoms with Crippen LogP contribution >= 0.6 is 23.2 Å². The lowest BCUT2D eigenvalue weighted by atomic mass is 10.0. The summed E-state index contributed by atoms with van der Waals surface area (Å²) in [5, 5.41) is 0.703. The van der Waals surface area contributed by atoms with Gasteiger partial charge in [-0.2, -0.15) is 0 Å². The minimum absolute atomic E-state index is 0.0242. The maximum atomic E-state index is 13.4. The zero-order chi connectivity index (χ0) is 23.9. The van der Waals surface area contributed by atoms with E-state index in [9.17, 15) is 13.2 Å². The molecule has 0 aliphatic carbocycles. The third kappa shape index (κ3) is 4.39. The van der Waals surface area contributed by atoms with E-state index in [0.29, 0.717) is 16.6 Å². The van der Waals surface area contributed by atoms with Gasteiger partial charge in [-0.1, -0.05) is 35.3 Å². The van der Waals surface area contributed by atoms with Crippen LogP contribution in [0.1, 0.15) is 35.8 Å². The van der Waals surface area contributed by atoms with E-state index < -0.39 is 10.0 Å². The van der Waals surface area contributed by atoms with Crippen molar-refractivity contribution >= 4 is 61.5 Å². The second-order valence-corrected chi connectivity index (χ2v) is 10.1. The van der Waals surface area contributed by atoms with Crippen molar-refractivity contribution in [2.24, 2.45) is 0 Å². The molecule has 4 aromatic rings. The lowest BCUT2D eigenvalue weighted by Gasteiger charge is -2.11. The van der Waals surface area contributed by atoms with Gasteiger partial charge in [0.05, 0.1) is 16.0 Å². The highest BCUT2D eigenvalue weighted by molar-refractivity contribution is 7.92. The van der Waals surface area contributed by atoms with Crippen LogP contribution in [0.3, 0.4) is 0 Å². The van der Waals surface area contributed by atoms with E-state index in [2.05, 4.69) is 14.7 Å². The molecule has 0 saturated heterocycles. The summed E-state index contributed by atoms with van der Waals surface area (Å²) in [5.74, 6) is -0.155. The first-order valence-electron chi connectivity index (χ1n) is 9.82. The Morgan fingerprint density at radius 2 is 1.88 bits per heavy atom. The Balaban J connectivity index is 1.73. The largest absolute Gasteiger partial charge is 0.383 e. The van der Waals surface area contributed by atoms with Gasteiger partial charge in [0.2, 0.25) is 0 Å². The first kappa shape index (κ1) is 23.0. The third-order valence-electron chi connectivity index (χ3n) is 5.00. The van der Waals surface area contributed by atoms with Crippen LogP contribution in [0.15, 0.2) is 59.9 Å². The van der Waals surface area contributed by atoms with E-state index in [1.807, 2.05) is 18.4 Å². The standard InChI is InChI=1S/C22H19Cl2N5O3S/c1-12(2)29-10-16(19-21(25)26-11-27-22(19)29)20(30)13-4-3-5-15(8-13)28-33(31,32)18-9-14(23)6-7-17(18)24/h3-12,28H,1-2H3,(H2,25,26,27). The molecule has 0 atom stereocenters. The predicted molar refractivity (Wildman–Crippen MR) is 129 cm³/mol. The van der Waals surface area contributed by atoms with Crippen LogP contribution < -0.4 is 10.5 Å². The summed E-state index contributed by atoms with van der Waals surface area (Å²) in [6.45, 7) is 3.92. The molecule has 0 fully saturated rings. The number of nitrogens with two attached hydrogens (primary N) is 1. The van der Waals surface area contributed by atoms with Crippen LogP contribution in [-0.4, -0.2) is 28.7 Å². The summed E-state index contributed by atoms with van der Waals surface area (Å²) in [7, 11) is -4.04. The number of halogens is 2. The minimum Gasteiger partial charge on any atom is -0.383 e. The number of hydrogen-bond acceptors (Lipinski definition) is 6. The summed E-state index contributed by atoms with van der Waals surface area (Å²) in [4.78, 5) is 21.5. The van der Waals surface area contributed by atoms with Gasteiger partial charge in [-0.15, -0.1) is 0 Å². The van der Waals surface area contributed by atoms with E-state index in [4.69, 9.17) is 28.9 Å². The predicted octanol–water partition coefficient (Wildman–Crippen LogP) is 4.93. The summed E-state index contributed by atoms with van der Waals surface area (Å²) < 4.78 is 30.0. The molecule has 4 rings (SSSR count). The molecule has 0 radical (unpaired) electrons. The molecule has 3 N–H and O–H groups in total. The fraction of sp³-hybridized carbons (Fsp3) is 0.136. The highest BCUT2D eigenvalue weighted by Crippen LogP contribution is 2.30. The second-order valence-electron chi connectivity index (χ2n) is 7.59. The molecule has 0 spiro atoms. The Morgan fingerprint density at radius 3 is 2.61 bits per heavy atom. The fourth-order valence-electron chi connectivity index (χ4n) is 3.45. The molecule has 33 heavy (non-hydrogen) atoms. The van der Waals surface area contributed by atoms with Crippen LogP contribution in [0.4, 0.5) is 11.5 Å². The molecule has 8 nitrogen and oxygen atoms in total. The van der Waals surface area contributed by atoms with Crippen molar-refractivity contribution in [3.8, 4) is 0 Å². The molecule has 2 aromatic carbocycles. The Labute approximate surface area is 200 Å². The topological polar surface area (TPSA) is 120 Å². The lowest BCUT2D eigenvalue weighted by molar-refractivity contribution is 0.104. The summed E-state index contributed by atoms with van der Waals surface area (Å²) in [6, 6.07) is 10.3. The van der Waals surface area contributed by atoms with Crippen LogP contribution in [-0.2, 0) is 10.0 Å². The Bertz CT molecular complexity index is 1500. The molecular weight excluding hydrogens is 485 g/mol. The molecular formula is C22H19Cl2N5O3S. The average molecular weight is 504 g/mol. The zero-order valence-electron chi connectivity index (χ0n) is 17.6. The Morgan fingerprint density at radius 1 is 1.12 bits per heavy atom. The number of rotatable bonds is 6. The number of carbonyl (C=O) groups is 1. The van der Waals surface area contributed by atoms with Crippen molar-refractivity contribution in [3.05, 3.63) is 76.2 Å². The molecule has 11 heteroatoms. The van der Waals surface area contributed by atoms with Crippen LogP contribution in [0, 0.1) is 0 Å². The van der Waals surface area contributed by atoms with E-state index in [1.165, 1.54) is 36.7 Å². The molecule has 0 unspecified atom stereocenters. The molecule has 0 aliphatic rings. The molecule has 170 valence electrons. The average Bonchev–Trinajstić information content (AvgIpc) is 3.16. The van der Waals surface area contributed by atoms with Crippen molar-refractivity contribution < 1.29 is 13.2 Å². The Kier molecular flexibility index (Phi) is 6.04. The molecule has 0 aliphatic heterocycles. The number of hydrogen-bond donors (Lipinski definition) is 2. The van der Waals surface area contributed by atoms with Crippen molar-refractivity contribution in [3.63, 3.8) is 0 Å². The van der Waals surface area contributed by atoms with Gasteiger partial charge in [-0.25, -0.2) is 18.4 Å². The smallest absolute Gasteiger partial charge is 0.263 e. The first-order chi connectivity index (χ1) is 15.6. The fourth-order valence-corrected chi connectivity index (χ4v) is 5.26. The van der Waals surface area contributed by atoms with Gasteiger partial charge < -0.3 is 10.3 Å². The number of aromatic nitrogens is 3. The van der Waals surface area contributed by atoms with Gasteiger partial charge in [-0.05, 0) is 44.2 Å². The van der Waals surface area contributed by atoms with Gasteiger partial charge in [0.25, 0.3) is 10.0 Å². The Hall–Kier alpha value is -3.14. The van der Waals surface area contributed by atoms with Gasteiger partial charge in [0.15, 0.2) is 5.78 Å². The minimum atomic E-state index is -4.04. The SMILES string of the molecule is CC(C)n1cc(C(=O)c2cccc(NS(=O)(=O)c3cc(Cl)ccc3Cl)c2)c2c(N)ncnc21. The number of carbonyl (C=O) groups excluding carboxylic acids is 1. The molecule has 2 aromatic heterocycles. The zero-order valence-corrected chi connectivity index (χ0v) is 19.9. The van der Waals surface area contributed by atoms with Gasteiger partial charge in [0, 0.05) is 28.5 Å². The number of anilines is 2. The highest BCUT2D eigenvalue weighted by Gasteiger charge is 2.23. The summed E-state index contributed by atoms with van der Waals surface area (Å²) in [5.41, 5.74) is 7.39. The van der Waals surface area contributed by atoms with Crippen LogP contribution in [0.25, 0.3) is 11.0 Å². The quantitative estimate of drug-likeness (QED) is 0.359. The normalized spacial score (nSPS) is 11.8. The maximum absolute atomic E-state index is 13.4. The first-order valence-corrected chi connectivity index (χ1v) is 12.1. The molecule has 0 saturated carbocycles. The van der Waals surface area contributed by atoms with Gasteiger partial charge >= 0.3 is 0 Å². The number of benzene rings is 2. The van der Waals surface area contributed by atoms with Crippen molar-refractivity contribution in [1.82, 2.24) is 14.5 Å². The molecule has 0 bridgehead atoms. The maximum Gasteiger partial charge on any atom is 0.263 e. The molecule has 2 heterocycles. The number of nitrogens with zero attached hydrogens (tertiary/aromatic N) is 3. The number of nitrogen functional groups attached to an aromatic ring is 1. The third-order valence-corrected chi connectivity index (χ3v) is 7.10. The number of nitrogens with one attached hydrogen (secondary N) is 1. The van der Waals surface area contributed by atoms with Gasteiger partial charge in [-0.3, -0.25) is 9.52 Å². The number of fused-ring (bicyclic) bond motifs is 1.